The first-order chi connectivity index (χ1) is 9.05. The first-order valence-corrected chi connectivity index (χ1v) is 7.16. The van der Waals surface area contributed by atoms with Crippen molar-refractivity contribution in [1.82, 2.24) is 9.97 Å². The molecule has 2 rings (SSSR count). The molecule has 1 fully saturated rings. The van der Waals surface area contributed by atoms with Gasteiger partial charge in [-0.05, 0) is 18.3 Å². The van der Waals surface area contributed by atoms with E-state index < -0.39 is 0 Å². The fourth-order valence-electron chi connectivity index (χ4n) is 2.74. The van der Waals surface area contributed by atoms with Crippen molar-refractivity contribution in [2.24, 2.45) is 11.3 Å². The van der Waals surface area contributed by atoms with Crippen molar-refractivity contribution in [1.29, 1.82) is 0 Å². The lowest BCUT2D eigenvalue weighted by molar-refractivity contribution is 0.216. The van der Waals surface area contributed by atoms with Gasteiger partial charge >= 0.3 is 0 Å². The average Bonchev–Trinajstić information content (AvgIpc) is 2.40. The maximum atomic E-state index is 5.46. The first-order valence-electron chi connectivity index (χ1n) is 7.16. The standard InChI is InChI=1S/C14H25N5/c1-4-11-17-12(9-13(18-11)19-15)16-10-7-5-6-8-14(10,2)3/h9-10H,4-8,15H2,1-3H3,(H2,16,17,18,19). The van der Waals surface area contributed by atoms with Gasteiger partial charge in [-0.15, -0.1) is 0 Å². The Labute approximate surface area is 115 Å². The lowest BCUT2D eigenvalue weighted by atomic mass is 9.73. The highest BCUT2D eigenvalue weighted by molar-refractivity contribution is 5.47. The molecule has 1 atom stereocenters. The molecule has 0 aromatic carbocycles. The van der Waals surface area contributed by atoms with Crippen LogP contribution < -0.4 is 16.6 Å². The van der Waals surface area contributed by atoms with Gasteiger partial charge in [-0.1, -0.05) is 33.6 Å². The molecule has 1 unspecified atom stereocenters. The molecule has 0 aliphatic heterocycles. The second-order valence-electron chi connectivity index (χ2n) is 5.98. The van der Waals surface area contributed by atoms with E-state index in [0.29, 0.717) is 17.3 Å². The minimum absolute atomic E-state index is 0.311. The molecule has 19 heavy (non-hydrogen) atoms. The van der Waals surface area contributed by atoms with Crippen molar-refractivity contribution >= 4 is 11.6 Å². The van der Waals surface area contributed by atoms with E-state index in [4.69, 9.17) is 5.84 Å². The van der Waals surface area contributed by atoms with Gasteiger partial charge in [-0.25, -0.2) is 15.8 Å². The minimum atomic E-state index is 0.311. The molecular formula is C14H25N5. The number of rotatable bonds is 4. The zero-order chi connectivity index (χ0) is 13.9. The molecule has 0 saturated heterocycles. The van der Waals surface area contributed by atoms with Crippen LogP contribution in [0.1, 0.15) is 52.3 Å². The highest BCUT2D eigenvalue weighted by atomic mass is 15.3. The molecule has 0 radical (unpaired) electrons. The summed E-state index contributed by atoms with van der Waals surface area (Å²) in [5, 5.41) is 3.57. The SMILES string of the molecule is CCc1nc(NN)cc(NC2CCCCC2(C)C)n1. The lowest BCUT2D eigenvalue weighted by Crippen LogP contribution is -2.39. The summed E-state index contributed by atoms with van der Waals surface area (Å²) in [6.07, 6.45) is 5.88. The van der Waals surface area contributed by atoms with E-state index in [1.54, 1.807) is 0 Å². The Bertz CT molecular complexity index is 408. The Balaban J connectivity index is 2.17. The predicted molar refractivity (Wildman–Crippen MR) is 78.9 cm³/mol. The van der Waals surface area contributed by atoms with Crippen LogP contribution in [0.2, 0.25) is 0 Å². The molecule has 0 spiro atoms. The maximum absolute atomic E-state index is 5.46. The number of aromatic nitrogens is 2. The van der Waals surface area contributed by atoms with Crippen LogP contribution in [0.3, 0.4) is 0 Å². The van der Waals surface area contributed by atoms with Gasteiger partial charge in [0.1, 0.15) is 17.5 Å². The minimum Gasteiger partial charge on any atom is -0.367 e. The second-order valence-corrected chi connectivity index (χ2v) is 5.98. The van der Waals surface area contributed by atoms with Crippen molar-refractivity contribution in [3.05, 3.63) is 11.9 Å². The number of hydrogen-bond acceptors (Lipinski definition) is 5. The summed E-state index contributed by atoms with van der Waals surface area (Å²) < 4.78 is 0. The smallest absolute Gasteiger partial charge is 0.145 e. The van der Waals surface area contributed by atoms with E-state index in [0.717, 1.165) is 18.1 Å². The van der Waals surface area contributed by atoms with Gasteiger partial charge < -0.3 is 10.7 Å². The van der Waals surface area contributed by atoms with Crippen LogP contribution in [-0.2, 0) is 6.42 Å². The van der Waals surface area contributed by atoms with Crippen LogP contribution in [0.25, 0.3) is 0 Å². The average molecular weight is 263 g/mol. The van der Waals surface area contributed by atoms with E-state index in [1.807, 2.05) is 13.0 Å². The Hall–Kier alpha value is -1.36. The number of nitrogens with two attached hydrogens (primary N) is 1. The van der Waals surface area contributed by atoms with Gasteiger partial charge in [0.2, 0.25) is 0 Å². The molecule has 4 N–H and O–H groups in total. The monoisotopic (exact) mass is 263 g/mol. The van der Waals surface area contributed by atoms with Crippen molar-refractivity contribution < 1.29 is 0 Å². The van der Waals surface area contributed by atoms with Gasteiger partial charge in [-0.3, -0.25) is 0 Å². The molecule has 1 saturated carbocycles. The Morgan fingerprint density at radius 2 is 2.05 bits per heavy atom. The van der Waals surface area contributed by atoms with Crippen molar-refractivity contribution in [2.75, 3.05) is 10.7 Å². The van der Waals surface area contributed by atoms with E-state index >= 15 is 0 Å². The number of nitrogens with zero attached hydrogens (tertiary/aromatic N) is 2. The van der Waals surface area contributed by atoms with Crippen LogP contribution in [0.5, 0.6) is 0 Å². The van der Waals surface area contributed by atoms with Crippen LogP contribution in [0.4, 0.5) is 11.6 Å². The van der Waals surface area contributed by atoms with Crippen LogP contribution in [0.15, 0.2) is 6.07 Å². The van der Waals surface area contributed by atoms with E-state index in [2.05, 4.69) is 34.6 Å². The molecule has 1 aliphatic rings. The summed E-state index contributed by atoms with van der Waals surface area (Å²) in [7, 11) is 0. The highest BCUT2D eigenvalue weighted by Crippen LogP contribution is 2.37. The number of nitrogens with one attached hydrogen (secondary N) is 2. The third kappa shape index (κ3) is 3.35. The molecule has 5 nitrogen and oxygen atoms in total. The molecule has 1 heterocycles. The van der Waals surface area contributed by atoms with Gasteiger partial charge in [0, 0.05) is 18.5 Å². The topological polar surface area (TPSA) is 75.9 Å². The van der Waals surface area contributed by atoms with Gasteiger partial charge in [0.15, 0.2) is 0 Å². The predicted octanol–water partition coefficient (Wildman–Crippen LogP) is 2.71. The van der Waals surface area contributed by atoms with Gasteiger partial charge in [0.05, 0.1) is 0 Å². The number of hydrazine groups is 1. The van der Waals surface area contributed by atoms with Crippen molar-refractivity contribution in [3.63, 3.8) is 0 Å². The summed E-state index contributed by atoms with van der Waals surface area (Å²) in [6.45, 7) is 6.70. The lowest BCUT2D eigenvalue weighted by Gasteiger charge is -2.39. The Kier molecular flexibility index (Phi) is 4.24. The third-order valence-electron chi connectivity index (χ3n) is 4.07. The molecular weight excluding hydrogens is 238 g/mol. The highest BCUT2D eigenvalue weighted by Gasteiger charge is 2.32. The van der Waals surface area contributed by atoms with E-state index in [9.17, 15) is 0 Å². The number of aryl methyl sites for hydroxylation is 1. The van der Waals surface area contributed by atoms with Crippen LogP contribution >= 0.6 is 0 Å². The quantitative estimate of drug-likeness (QED) is 0.575. The number of hydrogen-bond donors (Lipinski definition) is 3. The first kappa shape index (κ1) is 14.1. The van der Waals surface area contributed by atoms with Crippen molar-refractivity contribution in [3.8, 4) is 0 Å². The van der Waals surface area contributed by atoms with Crippen LogP contribution in [0, 0.1) is 5.41 Å². The molecule has 1 aromatic rings. The summed E-state index contributed by atoms with van der Waals surface area (Å²) in [5.41, 5.74) is 2.92. The third-order valence-corrected chi connectivity index (χ3v) is 4.07. The zero-order valence-corrected chi connectivity index (χ0v) is 12.2. The number of nitrogen functional groups attached to an aromatic ring is 1. The summed E-state index contributed by atoms with van der Waals surface area (Å²) >= 11 is 0. The fourth-order valence-corrected chi connectivity index (χ4v) is 2.74. The van der Waals surface area contributed by atoms with Crippen molar-refractivity contribution in [2.45, 2.75) is 58.9 Å². The molecule has 1 aliphatic carbocycles. The molecule has 106 valence electrons. The normalized spacial score (nSPS) is 22.0. The number of anilines is 2. The molecule has 5 heteroatoms. The van der Waals surface area contributed by atoms with E-state index in [-0.39, 0.29) is 0 Å². The zero-order valence-electron chi connectivity index (χ0n) is 12.2. The molecule has 0 amide bonds. The Morgan fingerprint density at radius 3 is 2.68 bits per heavy atom. The molecule has 1 aromatic heterocycles. The van der Waals surface area contributed by atoms with Crippen LogP contribution in [-0.4, -0.2) is 16.0 Å². The Morgan fingerprint density at radius 1 is 1.32 bits per heavy atom. The summed E-state index contributed by atoms with van der Waals surface area (Å²) in [4.78, 5) is 8.85. The fraction of sp³-hybridized carbons (Fsp3) is 0.714. The summed E-state index contributed by atoms with van der Waals surface area (Å²) in [5.74, 6) is 7.82. The summed E-state index contributed by atoms with van der Waals surface area (Å²) in [6, 6.07) is 2.34. The second kappa shape index (κ2) is 5.74. The largest absolute Gasteiger partial charge is 0.367 e. The van der Waals surface area contributed by atoms with Gasteiger partial charge in [0.25, 0.3) is 0 Å². The maximum Gasteiger partial charge on any atom is 0.145 e. The molecule has 0 bridgehead atoms. The van der Waals surface area contributed by atoms with E-state index in [1.165, 1.54) is 25.7 Å². The van der Waals surface area contributed by atoms with Gasteiger partial charge in [-0.2, -0.15) is 0 Å².